The molecular weight excluding hydrogens is 354 g/mol. The number of benzene rings is 1. The van der Waals surface area contributed by atoms with E-state index < -0.39 is 0 Å². The summed E-state index contributed by atoms with van der Waals surface area (Å²) < 4.78 is 0. The van der Waals surface area contributed by atoms with E-state index >= 15 is 0 Å². The molecule has 2 amide bonds. The van der Waals surface area contributed by atoms with Gasteiger partial charge in [0.1, 0.15) is 0 Å². The minimum Gasteiger partial charge on any atom is -0.321 e. The second-order valence-corrected chi connectivity index (χ2v) is 7.78. The number of aryl methyl sites for hydroxylation is 1. The Morgan fingerprint density at radius 3 is 2.80 bits per heavy atom. The van der Waals surface area contributed by atoms with Gasteiger partial charge in [0.15, 0.2) is 5.13 Å². The molecule has 1 aromatic heterocycles. The highest BCUT2D eigenvalue weighted by Gasteiger charge is 2.26. The smallest absolute Gasteiger partial charge is 0.236 e. The van der Waals surface area contributed by atoms with Crippen molar-refractivity contribution in [2.45, 2.75) is 26.2 Å². The summed E-state index contributed by atoms with van der Waals surface area (Å²) in [6, 6.07) is 8.26. The average Bonchev–Trinajstić information content (AvgIpc) is 3.09. The zero-order valence-electron chi connectivity index (χ0n) is 14.0. The Kier molecular flexibility index (Phi) is 5.55. The lowest BCUT2D eigenvalue weighted by Gasteiger charge is -2.26. The molecular formula is C18H19N3O2S2. The molecule has 3 rings (SSSR count). The molecule has 1 atom stereocenters. The molecule has 1 aliphatic heterocycles. The Hall–Kier alpha value is -2.12. The van der Waals surface area contributed by atoms with Gasteiger partial charge in [-0.3, -0.25) is 9.59 Å². The maximum absolute atomic E-state index is 12.1. The number of nitrogens with zero attached hydrogens (tertiary/aromatic N) is 1. The summed E-state index contributed by atoms with van der Waals surface area (Å²) >= 11 is 2.73. The number of allylic oxidation sites excluding steroid dienone is 1. The van der Waals surface area contributed by atoms with Crippen LogP contribution < -0.4 is 10.6 Å². The number of hydrogen-bond acceptors (Lipinski definition) is 5. The molecule has 2 aromatic rings. The fourth-order valence-corrected chi connectivity index (χ4v) is 4.12. The summed E-state index contributed by atoms with van der Waals surface area (Å²) in [7, 11) is 0. The van der Waals surface area contributed by atoms with E-state index in [1.807, 2.05) is 19.2 Å². The van der Waals surface area contributed by atoms with Crippen molar-refractivity contribution < 1.29 is 9.59 Å². The predicted molar refractivity (Wildman–Crippen MR) is 103 cm³/mol. The summed E-state index contributed by atoms with van der Waals surface area (Å²) in [5, 5.41) is 8.82. The first-order valence-corrected chi connectivity index (χ1v) is 9.79. The summed E-state index contributed by atoms with van der Waals surface area (Å²) in [5.74, 6) is 0.137. The normalized spacial score (nSPS) is 17.4. The van der Waals surface area contributed by atoms with Crippen molar-refractivity contribution in [2.24, 2.45) is 0 Å². The van der Waals surface area contributed by atoms with Gasteiger partial charge in [-0.05, 0) is 25.0 Å². The fourth-order valence-electron chi connectivity index (χ4n) is 2.67. The van der Waals surface area contributed by atoms with Crippen LogP contribution in [-0.2, 0) is 9.59 Å². The lowest BCUT2D eigenvalue weighted by atomic mass is 9.87. The quantitative estimate of drug-likeness (QED) is 0.839. The Morgan fingerprint density at radius 2 is 2.12 bits per heavy atom. The maximum atomic E-state index is 12.1. The highest BCUT2D eigenvalue weighted by molar-refractivity contribution is 8.03. The molecule has 0 bridgehead atoms. The van der Waals surface area contributed by atoms with Gasteiger partial charge >= 0.3 is 0 Å². The predicted octanol–water partition coefficient (Wildman–Crippen LogP) is 3.66. The van der Waals surface area contributed by atoms with E-state index in [4.69, 9.17) is 0 Å². The SMILES string of the molecule is CC1=C(SCC(=O)Nc2nccs2)NC(=O)CC1c1ccc(C)cc1. The van der Waals surface area contributed by atoms with Crippen LogP contribution >= 0.6 is 23.1 Å². The Morgan fingerprint density at radius 1 is 1.36 bits per heavy atom. The maximum Gasteiger partial charge on any atom is 0.236 e. The number of amides is 2. The molecule has 130 valence electrons. The summed E-state index contributed by atoms with van der Waals surface area (Å²) in [6.07, 6.45) is 2.08. The summed E-state index contributed by atoms with van der Waals surface area (Å²) in [4.78, 5) is 28.2. The van der Waals surface area contributed by atoms with Crippen molar-refractivity contribution in [3.63, 3.8) is 0 Å². The molecule has 0 spiro atoms. The fraction of sp³-hybridized carbons (Fsp3) is 0.278. The van der Waals surface area contributed by atoms with Crippen LogP contribution in [-0.4, -0.2) is 22.6 Å². The van der Waals surface area contributed by atoms with Gasteiger partial charge in [-0.15, -0.1) is 11.3 Å². The number of thioether (sulfide) groups is 1. The molecule has 0 fully saturated rings. The van der Waals surface area contributed by atoms with Gasteiger partial charge in [0.2, 0.25) is 11.8 Å². The molecule has 1 aliphatic rings. The second kappa shape index (κ2) is 7.84. The number of carbonyl (C=O) groups excluding carboxylic acids is 2. The number of aromatic nitrogens is 1. The minimum atomic E-state index is -0.132. The van der Waals surface area contributed by atoms with Crippen LogP contribution in [0.5, 0.6) is 0 Å². The van der Waals surface area contributed by atoms with E-state index in [0.29, 0.717) is 11.6 Å². The van der Waals surface area contributed by atoms with Crippen LogP contribution in [0.1, 0.15) is 30.4 Å². The topological polar surface area (TPSA) is 71.1 Å². The van der Waals surface area contributed by atoms with E-state index in [1.165, 1.54) is 28.7 Å². The molecule has 2 heterocycles. The van der Waals surface area contributed by atoms with Crippen LogP contribution in [0.4, 0.5) is 5.13 Å². The molecule has 1 aromatic carbocycles. The third-order valence-electron chi connectivity index (χ3n) is 4.03. The van der Waals surface area contributed by atoms with Crippen molar-refractivity contribution in [1.82, 2.24) is 10.3 Å². The zero-order valence-corrected chi connectivity index (χ0v) is 15.7. The molecule has 0 radical (unpaired) electrons. The van der Waals surface area contributed by atoms with Crippen molar-refractivity contribution in [3.8, 4) is 0 Å². The third kappa shape index (κ3) is 4.49. The molecule has 0 saturated carbocycles. The summed E-state index contributed by atoms with van der Waals surface area (Å²) in [6.45, 7) is 4.06. The van der Waals surface area contributed by atoms with Gasteiger partial charge in [-0.1, -0.05) is 41.6 Å². The highest BCUT2D eigenvalue weighted by Crippen LogP contribution is 2.35. The van der Waals surface area contributed by atoms with E-state index in [1.54, 1.807) is 6.20 Å². The van der Waals surface area contributed by atoms with Crippen LogP contribution in [0.15, 0.2) is 46.4 Å². The number of anilines is 1. The molecule has 7 heteroatoms. The zero-order chi connectivity index (χ0) is 17.8. The molecule has 25 heavy (non-hydrogen) atoms. The first-order valence-electron chi connectivity index (χ1n) is 7.92. The number of carbonyl (C=O) groups is 2. The Balaban J connectivity index is 1.70. The standard InChI is InChI=1S/C18H19N3O2S2/c1-11-3-5-13(6-4-11)14-9-15(22)20-17(12(14)2)25-10-16(23)21-18-19-7-8-24-18/h3-8,14H,9-10H2,1-2H3,(H,20,22)(H,19,21,23). The molecule has 5 nitrogen and oxygen atoms in total. The Labute approximate surface area is 154 Å². The number of rotatable bonds is 5. The monoisotopic (exact) mass is 373 g/mol. The second-order valence-electron chi connectivity index (χ2n) is 5.90. The molecule has 1 unspecified atom stereocenters. The average molecular weight is 374 g/mol. The van der Waals surface area contributed by atoms with E-state index in [9.17, 15) is 9.59 Å². The van der Waals surface area contributed by atoms with E-state index in [0.717, 1.165) is 16.2 Å². The van der Waals surface area contributed by atoms with Crippen molar-refractivity contribution in [1.29, 1.82) is 0 Å². The summed E-state index contributed by atoms with van der Waals surface area (Å²) in [5.41, 5.74) is 3.41. The third-order valence-corrected chi connectivity index (χ3v) is 5.84. The van der Waals surface area contributed by atoms with Crippen LogP contribution in [0.3, 0.4) is 0 Å². The van der Waals surface area contributed by atoms with Crippen molar-refractivity contribution in [2.75, 3.05) is 11.1 Å². The first-order chi connectivity index (χ1) is 12.0. The first kappa shape index (κ1) is 17.7. The van der Waals surface area contributed by atoms with Crippen LogP contribution in [0, 0.1) is 6.92 Å². The van der Waals surface area contributed by atoms with Gasteiger partial charge in [-0.25, -0.2) is 4.98 Å². The van der Waals surface area contributed by atoms with E-state index in [-0.39, 0.29) is 23.5 Å². The van der Waals surface area contributed by atoms with Gasteiger partial charge in [0, 0.05) is 23.9 Å². The number of nitrogens with one attached hydrogen (secondary N) is 2. The van der Waals surface area contributed by atoms with Crippen molar-refractivity contribution in [3.05, 3.63) is 57.6 Å². The van der Waals surface area contributed by atoms with Gasteiger partial charge < -0.3 is 10.6 Å². The molecule has 0 aliphatic carbocycles. The lowest BCUT2D eigenvalue weighted by molar-refractivity contribution is -0.121. The largest absolute Gasteiger partial charge is 0.321 e. The van der Waals surface area contributed by atoms with Gasteiger partial charge in [0.25, 0.3) is 0 Å². The molecule has 2 N–H and O–H groups in total. The van der Waals surface area contributed by atoms with Crippen LogP contribution in [0.25, 0.3) is 0 Å². The lowest BCUT2D eigenvalue weighted by Crippen LogP contribution is -2.31. The minimum absolute atomic E-state index is 0.0148. The van der Waals surface area contributed by atoms with Gasteiger partial charge in [-0.2, -0.15) is 0 Å². The van der Waals surface area contributed by atoms with Crippen molar-refractivity contribution >= 4 is 40.0 Å². The Bertz CT molecular complexity index is 798. The van der Waals surface area contributed by atoms with E-state index in [2.05, 4.69) is 39.9 Å². The van der Waals surface area contributed by atoms with Gasteiger partial charge in [0.05, 0.1) is 10.8 Å². The number of thiazole rings is 1. The number of hydrogen-bond donors (Lipinski definition) is 2. The highest BCUT2D eigenvalue weighted by atomic mass is 32.2. The van der Waals surface area contributed by atoms with Crippen LogP contribution in [0.2, 0.25) is 0 Å². The molecule has 0 saturated heterocycles.